The van der Waals surface area contributed by atoms with Crippen LogP contribution in [0.1, 0.15) is 16.7 Å². The second kappa shape index (κ2) is 7.23. The van der Waals surface area contributed by atoms with Gasteiger partial charge < -0.3 is 10.4 Å². The van der Waals surface area contributed by atoms with Crippen molar-refractivity contribution in [3.8, 4) is 11.4 Å². The summed E-state index contributed by atoms with van der Waals surface area (Å²) in [6, 6.07) is 13.2. The van der Waals surface area contributed by atoms with Gasteiger partial charge in [0, 0.05) is 11.3 Å². The molecule has 2 aromatic carbocycles. The lowest BCUT2D eigenvalue weighted by atomic mass is 10.1. The molecular formula is C18H19N5O2. The zero-order chi connectivity index (χ0) is 17.8. The van der Waals surface area contributed by atoms with Crippen LogP contribution < -0.4 is 5.32 Å². The third-order valence-corrected chi connectivity index (χ3v) is 3.81. The first-order valence-corrected chi connectivity index (χ1v) is 7.90. The summed E-state index contributed by atoms with van der Waals surface area (Å²) < 4.78 is 0. The highest BCUT2D eigenvalue weighted by Gasteiger charge is 2.11. The van der Waals surface area contributed by atoms with E-state index in [-0.39, 0.29) is 19.1 Å². The van der Waals surface area contributed by atoms with Crippen LogP contribution in [0, 0.1) is 13.8 Å². The van der Waals surface area contributed by atoms with Crippen molar-refractivity contribution >= 4 is 11.6 Å². The van der Waals surface area contributed by atoms with Crippen molar-refractivity contribution < 1.29 is 9.90 Å². The van der Waals surface area contributed by atoms with Gasteiger partial charge in [-0.3, -0.25) is 4.79 Å². The Labute approximate surface area is 145 Å². The first-order valence-electron chi connectivity index (χ1n) is 7.90. The van der Waals surface area contributed by atoms with Gasteiger partial charge in [-0.05, 0) is 36.3 Å². The minimum absolute atomic E-state index is 0.0400. The number of anilines is 1. The first-order chi connectivity index (χ1) is 12.0. The number of benzene rings is 2. The van der Waals surface area contributed by atoms with Gasteiger partial charge in [0.1, 0.15) is 6.54 Å². The van der Waals surface area contributed by atoms with Gasteiger partial charge in [-0.25, -0.2) is 0 Å². The molecule has 0 aliphatic heterocycles. The van der Waals surface area contributed by atoms with Crippen LogP contribution in [0.4, 0.5) is 5.69 Å². The number of aliphatic hydroxyl groups is 1. The smallest absolute Gasteiger partial charge is 0.248 e. The molecule has 3 aromatic rings. The number of rotatable bonds is 5. The fourth-order valence-electron chi connectivity index (χ4n) is 2.35. The Bertz CT molecular complexity index is 887. The second-order valence-electron chi connectivity index (χ2n) is 5.87. The largest absolute Gasteiger partial charge is 0.392 e. The lowest BCUT2D eigenvalue weighted by Crippen LogP contribution is -2.21. The Morgan fingerprint density at radius 2 is 1.92 bits per heavy atom. The van der Waals surface area contributed by atoms with Gasteiger partial charge >= 0.3 is 0 Å². The number of carbonyl (C=O) groups excluding carboxylic acids is 1. The van der Waals surface area contributed by atoms with Crippen molar-refractivity contribution in [1.29, 1.82) is 0 Å². The lowest BCUT2D eigenvalue weighted by Gasteiger charge is -2.09. The summed E-state index contributed by atoms with van der Waals surface area (Å²) in [4.78, 5) is 13.5. The lowest BCUT2D eigenvalue weighted by molar-refractivity contribution is -0.117. The third kappa shape index (κ3) is 4.07. The predicted molar refractivity (Wildman–Crippen MR) is 93.7 cm³/mol. The normalized spacial score (nSPS) is 10.7. The summed E-state index contributed by atoms with van der Waals surface area (Å²) in [6.45, 7) is 3.78. The number of aromatic nitrogens is 4. The number of carbonyl (C=O) groups is 1. The predicted octanol–water partition coefficient (Wildman–Crippen LogP) is 2.09. The molecule has 3 rings (SSSR count). The van der Waals surface area contributed by atoms with E-state index >= 15 is 0 Å². The second-order valence-corrected chi connectivity index (χ2v) is 5.87. The van der Waals surface area contributed by atoms with Crippen LogP contribution in [0.2, 0.25) is 0 Å². The molecule has 7 heteroatoms. The van der Waals surface area contributed by atoms with E-state index in [0.29, 0.717) is 11.5 Å². The molecule has 2 N–H and O–H groups in total. The number of aliphatic hydroxyl groups excluding tert-OH is 1. The summed E-state index contributed by atoms with van der Waals surface area (Å²) in [7, 11) is 0. The molecule has 128 valence electrons. The molecule has 1 heterocycles. The van der Waals surface area contributed by atoms with E-state index in [1.807, 2.05) is 50.2 Å². The first kappa shape index (κ1) is 16.8. The molecule has 0 saturated carbocycles. The third-order valence-electron chi connectivity index (χ3n) is 3.81. The number of amides is 1. The molecule has 0 radical (unpaired) electrons. The van der Waals surface area contributed by atoms with E-state index in [1.54, 1.807) is 6.07 Å². The topological polar surface area (TPSA) is 92.9 Å². The molecule has 1 aromatic heterocycles. The van der Waals surface area contributed by atoms with Crippen molar-refractivity contribution in [1.82, 2.24) is 20.2 Å². The van der Waals surface area contributed by atoms with Gasteiger partial charge in [-0.1, -0.05) is 42.0 Å². The number of nitrogens with one attached hydrogen (secondary N) is 1. The van der Waals surface area contributed by atoms with Crippen LogP contribution >= 0.6 is 0 Å². The van der Waals surface area contributed by atoms with Crippen molar-refractivity contribution in [2.45, 2.75) is 27.0 Å². The zero-order valence-corrected chi connectivity index (χ0v) is 14.1. The Balaban J connectivity index is 1.69. The molecule has 0 bridgehead atoms. The molecule has 0 fully saturated rings. The van der Waals surface area contributed by atoms with Gasteiger partial charge in [0.15, 0.2) is 0 Å². The van der Waals surface area contributed by atoms with Crippen molar-refractivity contribution in [2.75, 3.05) is 5.32 Å². The maximum atomic E-state index is 12.2. The van der Waals surface area contributed by atoms with Crippen LogP contribution in [0.15, 0.2) is 42.5 Å². The van der Waals surface area contributed by atoms with Crippen molar-refractivity contribution in [2.24, 2.45) is 0 Å². The number of hydrogen-bond donors (Lipinski definition) is 2. The zero-order valence-electron chi connectivity index (χ0n) is 14.1. The average molecular weight is 337 g/mol. The van der Waals surface area contributed by atoms with Gasteiger partial charge in [0.05, 0.1) is 6.61 Å². The van der Waals surface area contributed by atoms with E-state index < -0.39 is 0 Å². The van der Waals surface area contributed by atoms with Gasteiger partial charge in [0.2, 0.25) is 11.7 Å². The van der Waals surface area contributed by atoms with E-state index in [1.165, 1.54) is 4.80 Å². The monoisotopic (exact) mass is 337 g/mol. The minimum atomic E-state index is -0.258. The quantitative estimate of drug-likeness (QED) is 0.743. The summed E-state index contributed by atoms with van der Waals surface area (Å²) >= 11 is 0. The Morgan fingerprint density at radius 1 is 1.16 bits per heavy atom. The Hall–Kier alpha value is -3.06. The molecule has 0 aliphatic carbocycles. The molecule has 0 aliphatic rings. The molecule has 0 unspecified atom stereocenters. The number of hydrogen-bond acceptors (Lipinski definition) is 5. The highest BCUT2D eigenvalue weighted by molar-refractivity contribution is 5.91. The summed E-state index contributed by atoms with van der Waals surface area (Å²) in [5.41, 5.74) is 4.31. The number of aryl methyl sites for hydroxylation is 2. The Morgan fingerprint density at radius 3 is 2.64 bits per heavy atom. The van der Waals surface area contributed by atoms with Gasteiger partial charge in [-0.2, -0.15) is 4.80 Å². The van der Waals surface area contributed by atoms with Gasteiger partial charge in [-0.15, -0.1) is 10.2 Å². The molecule has 1 amide bonds. The molecule has 0 spiro atoms. The molecular weight excluding hydrogens is 318 g/mol. The molecule has 0 atom stereocenters. The van der Waals surface area contributed by atoms with Crippen LogP contribution in [-0.4, -0.2) is 31.2 Å². The highest BCUT2D eigenvalue weighted by atomic mass is 16.3. The molecule has 0 saturated heterocycles. The van der Waals surface area contributed by atoms with E-state index in [0.717, 1.165) is 22.3 Å². The fraction of sp³-hybridized carbons (Fsp3) is 0.222. The molecule has 25 heavy (non-hydrogen) atoms. The fourth-order valence-corrected chi connectivity index (χ4v) is 2.35. The highest BCUT2D eigenvalue weighted by Crippen LogP contribution is 2.17. The van der Waals surface area contributed by atoms with Crippen molar-refractivity contribution in [3.05, 3.63) is 59.2 Å². The van der Waals surface area contributed by atoms with Crippen LogP contribution in [0.3, 0.4) is 0 Å². The summed E-state index contributed by atoms with van der Waals surface area (Å²) in [6.07, 6.45) is 0. The van der Waals surface area contributed by atoms with Crippen LogP contribution in [0.5, 0.6) is 0 Å². The summed E-state index contributed by atoms with van der Waals surface area (Å²) in [5.74, 6) is 0.220. The van der Waals surface area contributed by atoms with E-state index in [4.69, 9.17) is 0 Å². The standard InChI is InChI=1S/C18H19N5O2/c1-12-3-7-15(8-4-12)18-20-22-23(21-18)10-17(25)19-16-9-14(11-24)6-5-13(16)2/h3-9,24H,10-11H2,1-2H3,(H,19,25). The number of nitrogens with zero attached hydrogens (tertiary/aromatic N) is 4. The summed E-state index contributed by atoms with van der Waals surface area (Å²) in [5, 5.41) is 24.2. The van der Waals surface area contributed by atoms with E-state index in [2.05, 4.69) is 20.7 Å². The number of tetrazole rings is 1. The maximum absolute atomic E-state index is 12.2. The van der Waals surface area contributed by atoms with E-state index in [9.17, 15) is 9.90 Å². The average Bonchev–Trinajstić information content (AvgIpc) is 3.06. The van der Waals surface area contributed by atoms with Gasteiger partial charge in [0.25, 0.3) is 0 Å². The van der Waals surface area contributed by atoms with Crippen LogP contribution in [-0.2, 0) is 17.9 Å². The molecule has 7 nitrogen and oxygen atoms in total. The minimum Gasteiger partial charge on any atom is -0.392 e. The van der Waals surface area contributed by atoms with Crippen molar-refractivity contribution in [3.63, 3.8) is 0 Å². The van der Waals surface area contributed by atoms with Crippen LogP contribution in [0.25, 0.3) is 11.4 Å². The SMILES string of the molecule is Cc1ccc(-c2nnn(CC(=O)Nc3cc(CO)ccc3C)n2)cc1. The Kier molecular flexibility index (Phi) is 4.85. The maximum Gasteiger partial charge on any atom is 0.248 e.